The second-order valence-electron chi connectivity index (χ2n) is 7.16. The molecule has 0 saturated carbocycles. The molecular weight excluding hydrogens is 396 g/mol. The smallest absolute Gasteiger partial charge is 0.251 e. The van der Waals surface area contributed by atoms with Crippen molar-refractivity contribution in [1.82, 2.24) is 10.2 Å². The van der Waals surface area contributed by atoms with Crippen LogP contribution in [0.25, 0.3) is 0 Å². The van der Waals surface area contributed by atoms with Crippen molar-refractivity contribution >= 4 is 29.3 Å². The maximum atomic E-state index is 12.6. The Hall–Kier alpha value is -3.68. The molecule has 0 spiro atoms. The van der Waals surface area contributed by atoms with E-state index in [0.717, 1.165) is 0 Å². The van der Waals surface area contributed by atoms with Crippen LogP contribution in [0.3, 0.4) is 0 Å². The van der Waals surface area contributed by atoms with E-state index in [1.165, 1.54) is 12.1 Å². The molecule has 0 saturated heterocycles. The number of benzene rings is 2. The lowest BCUT2D eigenvalue weighted by Crippen LogP contribution is -2.40. The predicted octanol–water partition coefficient (Wildman–Crippen LogP) is 2.17. The number of hydrogen-bond donors (Lipinski definition) is 3. The Morgan fingerprint density at radius 1 is 0.968 bits per heavy atom. The van der Waals surface area contributed by atoms with Gasteiger partial charge in [-0.2, -0.15) is 0 Å². The maximum Gasteiger partial charge on any atom is 0.251 e. The minimum Gasteiger partial charge on any atom is -0.366 e. The van der Waals surface area contributed by atoms with Gasteiger partial charge in [0.2, 0.25) is 17.7 Å². The maximum absolute atomic E-state index is 12.6. The second-order valence-corrected chi connectivity index (χ2v) is 7.16. The Kier molecular flexibility index (Phi) is 8.75. The molecular formula is C23H28N4O4. The lowest BCUT2D eigenvalue weighted by molar-refractivity contribution is -0.131. The van der Waals surface area contributed by atoms with E-state index in [4.69, 9.17) is 5.73 Å². The van der Waals surface area contributed by atoms with Crippen LogP contribution in [0.2, 0.25) is 0 Å². The third-order valence-electron chi connectivity index (χ3n) is 4.69. The molecule has 4 amide bonds. The Morgan fingerprint density at radius 3 is 2.19 bits per heavy atom. The van der Waals surface area contributed by atoms with Crippen LogP contribution in [0.4, 0.5) is 5.69 Å². The molecule has 4 N–H and O–H groups in total. The van der Waals surface area contributed by atoms with Crippen molar-refractivity contribution in [2.24, 2.45) is 5.73 Å². The van der Waals surface area contributed by atoms with Crippen molar-refractivity contribution in [3.8, 4) is 0 Å². The van der Waals surface area contributed by atoms with Crippen LogP contribution in [-0.4, -0.2) is 47.7 Å². The Bertz CT molecular complexity index is 913. The highest BCUT2D eigenvalue weighted by molar-refractivity contribution is 5.95. The molecule has 8 nitrogen and oxygen atoms in total. The summed E-state index contributed by atoms with van der Waals surface area (Å²) < 4.78 is 0. The standard InChI is InChI=1S/C23H28N4O4/c1-3-27(14-13-20(28)26-19-11-9-17(10-12-19)22(24)30)21(29)15-16(2)25-23(31)18-7-5-4-6-8-18/h4-12,16H,3,13-15H2,1-2H3,(H2,24,30)(H,25,31)(H,26,28). The SMILES string of the molecule is CCN(CCC(=O)Nc1ccc(C(N)=O)cc1)C(=O)CC(C)NC(=O)c1ccccc1. The quantitative estimate of drug-likeness (QED) is 0.541. The van der Waals surface area contributed by atoms with E-state index in [0.29, 0.717) is 23.4 Å². The van der Waals surface area contributed by atoms with Gasteiger partial charge < -0.3 is 21.3 Å². The van der Waals surface area contributed by atoms with Crippen molar-refractivity contribution in [3.63, 3.8) is 0 Å². The topological polar surface area (TPSA) is 122 Å². The van der Waals surface area contributed by atoms with Gasteiger partial charge in [-0.3, -0.25) is 19.2 Å². The van der Waals surface area contributed by atoms with Gasteiger partial charge >= 0.3 is 0 Å². The van der Waals surface area contributed by atoms with Gasteiger partial charge in [0.25, 0.3) is 5.91 Å². The molecule has 0 fully saturated rings. The number of rotatable bonds is 10. The zero-order chi connectivity index (χ0) is 22.8. The third-order valence-corrected chi connectivity index (χ3v) is 4.69. The van der Waals surface area contributed by atoms with Crippen molar-refractivity contribution < 1.29 is 19.2 Å². The summed E-state index contributed by atoms with van der Waals surface area (Å²) in [5.41, 5.74) is 6.63. The van der Waals surface area contributed by atoms with Crippen LogP contribution < -0.4 is 16.4 Å². The lowest BCUT2D eigenvalue weighted by Gasteiger charge is -2.23. The monoisotopic (exact) mass is 424 g/mol. The number of carbonyl (C=O) groups is 4. The van der Waals surface area contributed by atoms with Gasteiger partial charge in [-0.05, 0) is 50.2 Å². The zero-order valence-electron chi connectivity index (χ0n) is 17.8. The van der Waals surface area contributed by atoms with Gasteiger partial charge in [-0.1, -0.05) is 18.2 Å². The fourth-order valence-electron chi connectivity index (χ4n) is 2.98. The molecule has 0 heterocycles. The molecule has 31 heavy (non-hydrogen) atoms. The summed E-state index contributed by atoms with van der Waals surface area (Å²) in [4.78, 5) is 49.7. The van der Waals surface area contributed by atoms with Gasteiger partial charge in [0.1, 0.15) is 0 Å². The number of nitrogens with two attached hydrogens (primary N) is 1. The fraction of sp³-hybridized carbons (Fsp3) is 0.304. The van der Waals surface area contributed by atoms with Crippen LogP contribution in [0, 0.1) is 0 Å². The molecule has 0 aliphatic carbocycles. The van der Waals surface area contributed by atoms with Gasteiger partial charge in [0.05, 0.1) is 0 Å². The second kappa shape index (κ2) is 11.5. The third kappa shape index (κ3) is 7.58. The Labute approximate surface area is 181 Å². The molecule has 2 aromatic carbocycles. The molecule has 0 bridgehead atoms. The summed E-state index contributed by atoms with van der Waals surface area (Å²) in [7, 11) is 0. The zero-order valence-corrected chi connectivity index (χ0v) is 17.8. The number of nitrogens with zero attached hydrogens (tertiary/aromatic N) is 1. The van der Waals surface area contributed by atoms with Crippen LogP contribution >= 0.6 is 0 Å². The molecule has 164 valence electrons. The van der Waals surface area contributed by atoms with Crippen molar-refractivity contribution in [3.05, 3.63) is 65.7 Å². The summed E-state index contributed by atoms with van der Waals surface area (Å²) in [6.45, 7) is 4.33. The summed E-state index contributed by atoms with van der Waals surface area (Å²) in [5, 5.41) is 5.54. The molecule has 8 heteroatoms. The summed E-state index contributed by atoms with van der Waals surface area (Å²) >= 11 is 0. The van der Waals surface area contributed by atoms with Crippen LogP contribution in [0.5, 0.6) is 0 Å². The Morgan fingerprint density at radius 2 is 1.61 bits per heavy atom. The average Bonchev–Trinajstić information content (AvgIpc) is 2.75. The van der Waals surface area contributed by atoms with E-state index in [1.807, 2.05) is 13.0 Å². The van der Waals surface area contributed by atoms with E-state index in [9.17, 15) is 19.2 Å². The molecule has 2 aromatic rings. The fourth-order valence-corrected chi connectivity index (χ4v) is 2.98. The van der Waals surface area contributed by atoms with E-state index in [1.54, 1.807) is 48.2 Å². The van der Waals surface area contributed by atoms with Crippen LogP contribution in [-0.2, 0) is 9.59 Å². The minimum absolute atomic E-state index is 0.127. The molecule has 1 atom stereocenters. The lowest BCUT2D eigenvalue weighted by atomic mass is 10.1. The van der Waals surface area contributed by atoms with Gasteiger partial charge in [0, 0.05) is 48.8 Å². The first kappa shape index (κ1) is 23.6. The first-order chi connectivity index (χ1) is 14.8. The molecule has 0 aliphatic rings. The highest BCUT2D eigenvalue weighted by Crippen LogP contribution is 2.10. The van der Waals surface area contributed by atoms with Crippen molar-refractivity contribution in [2.45, 2.75) is 32.7 Å². The average molecular weight is 425 g/mol. The van der Waals surface area contributed by atoms with Crippen LogP contribution in [0.1, 0.15) is 47.4 Å². The normalized spacial score (nSPS) is 11.3. The van der Waals surface area contributed by atoms with Gasteiger partial charge in [-0.25, -0.2) is 0 Å². The molecule has 2 rings (SSSR count). The van der Waals surface area contributed by atoms with Crippen LogP contribution in [0.15, 0.2) is 54.6 Å². The van der Waals surface area contributed by atoms with Crippen molar-refractivity contribution in [2.75, 3.05) is 18.4 Å². The highest BCUT2D eigenvalue weighted by atomic mass is 16.2. The van der Waals surface area contributed by atoms with E-state index in [-0.39, 0.29) is 43.1 Å². The van der Waals surface area contributed by atoms with E-state index >= 15 is 0 Å². The number of amides is 4. The van der Waals surface area contributed by atoms with Gasteiger partial charge in [0.15, 0.2) is 0 Å². The molecule has 0 aromatic heterocycles. The number of carbonyl (C=O) groups excluding carboxylic acids is 4. The summed E-state index contributed by atoms with van der Waals surface area (Å²) in [6, 6.07) is 14.7. The summed E-state index contributed by atoms with van der Waals surface area (Å²) in [5.74, 6) is -1.15. The largest absolute Gasteiger partial charge is 0.366 e. The first-order valence-corrected chi connectivity index (χ1v) is 10.1. The molecule has 1 unspecified atom stereocenters. The minimum atomic E-state index is -0.538. The van der Waals surface area contributed by atoms with E-state index in [2.05, 4.69) is 10.6 Å². The highest BCUT2D eigenvalue weighted by Gasteiger charge is 2.18. The number of primary amides is 1. The first-order valence-electron chi connectivity index (χ1n) is 10.1. The molecule has 0 aliphatic heterocycles. The number of hydrogen-bond acceptors (Lipinski definition) is 4. The van der Waals surface area contributed by atoms with Crippen molar-refractivity contribution in [1.29, 1.82) is 0 Å². The Balaban J connectivity index is 1.80. The van der Waals surface area contributed by atoms with Gasteiger partial charge in [-0.15, -0.1) is 0 Å². The number of anilines is 1. The predicted molar refractivity (Wildman–Crippen MR) is 118 cm³/mol. The molecule has 0 radical (unpaired) electrons. The van der Waals surface area contributed by atoms with E-state index < -0.39 is 5.91 Å². The number of nitrogens with one attached hydrogen (secondary N) is 2. The summed E-state index contributed by atoms with van der Waals surface area (Å²) in [6.07, 6.45) is 0.268.